The molecule has 1 amide bonds. The van der Waals surface area contributed by atoms with Crippen molar-refractivity contribution in [3.05, 3.63) is 29.8 Å². The smallest absolute Gasteiger partial charge is 0.224 e. The standard InChI is InChI=1S/C14H20N2O2S/c1-18-12-7-5-11(6-8-12)10-14(17)16-9-3-2-4-13(15)19/h5-8H,2-4,9-10H2,1H3,(H2,15,19)(H,16,17). The lowest BCUT2D eigenvalue weighted by Gasteiger charge is -2.06. The molecule has 0 bridgehead atoms. The Bertz CT molecular complexity index is 418. The van der Waals surface area contributed by atoms with E-state index < -0.39 is 0 Å². The summed E-state index contributed by atoms with van der Waals surface area (Å²) in [5.41, 5.74) is 6.37. The molecule has 3 N–H and O–H groups in total. The van der Waals surface area contributed by atoms with Crippen molar-refractivity contribution in [2.75, 3.05) is 13.7 Å². The van der Waals surface area contributed by atoms with E-state index in [4.69, 9.17) is 22.7 Å². The molecule has 0 aromatic heterocycles. The Labute approximate surface area is 119 Å². The molecule has 0 saturated carbocycles. The van der Waals surface area contributed by atoms with Gasteiger partial charge in [-0.05, 0) is 37.0 Å². The molecule has 1 aromatic rings. The van der Waals surface area contributed by atoms with Gasteiger partial charge in [0.2, 0.25) is 5.91 Å². The normalized spacial score (nSPS) is 9.95. The Morgan fingerprint density at radius 1 is 1.32 bits per heavy atom. The van der Waals surface area contributed by atoms with Crippen molar-refractivity contribution >= 4 is 23.1 Å². The van der Waals surface area contributed by atoms with E-state index in [1.54, 1.807) is 7.11 Å². The Morgan fingerprint density at radius 2 is 2.00 bits per heavy atom. The van der Waals surface area contributed by atoms with Crippen molar-refractivity contribution < 1.29 is 9.53 Å². The molecule has 1 aromatic carbocycles. The van der Waals surface area contributed by atoms with Gasteiger partial charge in [-0.25, -0.2) is 0 Å². The molecule has 19 heavy (non-hydrogen) atoms. The molecule has 104 valence electrons. The van der Waals surface area contributed by atoms with Crippen LogP contribution in [-0.2, 0) is 11.2 Å². The number of carbonyl (C=O) groups excluding carboxylic acids is 1. The second-order valence-electron chi connectivity index (χ2n) is 4.30. The van der Waals surface area contributed by atoms with Gasteiger partial charge in [-0.1, -0.05) is 24.4 Å². The number of nitrogens with one attached hydrogen (secondary N) is 1. The predicted octanol–water partition coefficient (Wildman–Crippen LogP) is 1.81. The minimum absolute atomic E-state index is 0.0282. The van der Waals surface area contributed by atoms with Gasteiger partial charge in [0, 0.05) is 6.54 Å². The topological polar surface area (TPSA) is 64.3 Å². The number of unbranched alkanes of at least 4 members (excludes halogenated alkanes) is 1. The van der Waals surface area contributed by atoms with Crippen molar-refractivity contribution in [1.82, 2.24) is 5.32 Å². The molecule has 1 rings (SSSR count). The zero-order chi connectivity index (χ0) is 14.1. The average Bonchev–Trinajstić information content (AvgIpc) is 2.39. The van der Waals surface area contributed by atoms with E-state index in [0.29, 0.717) is 18.0 Å². The van der Waals surface area contributed by atoms with E-state index in [-0.39, 0.29) is 5.91 Å². The Balaban J connectivity index is 2.21. The summed E-state index contributed by atoms with van der Waals surface area (Å²) in [7, 11) is 1.62. The molecule has 0 spiro atoms. The largest absolute Gasteiger partial charge is 0.497 e. The SMILES string of the molecule is COc1ccc(CC(=O)NCCCCC(N)=S)cc1. The van der Waals surface area contributed by atoms with Crippen LogP contribution in [0, 0.1) is 0 Å². The second-order valence-corrected chi connectivity index (χ2v) is 4.82. The number of methoxy groups -OCH3 is 1. The number of rotatable bonds is 8. The number of ether oxygens (including phenoxy) is 1. The lowest BCUT2D eigenvalue weighted by molar-refractivity contribution is -0.120. The molecule has 0 aliphatic rings. The molecule has 0 atom stereocenters. The van der Waals surface area contributed by atoms with Crippen molar-refractivity contribution in [2.24, 2.45) is 5.73 Å². The fraction of sp³-hybridized carbons (Fsp3) is 0.429. The lowest BCUT2D eigenvalue weighted by Crippen LogP contribution is -2.26. The Kier molecular flexibility index (Phi) is 6.89. The minimum atomic E-state index is 0.0282. The van der Waals surface area contributed by atoms with Crippen LogP contribution in [0.1, 0.15) is 24.8 Å². The van der Waals surface area contributed by atoms with Crippen LogP contribution in [0.3, 0.4) is 0 Å². The summed E-state index contributed by atoms with van der Waals surface area (Å²) in [6.07, 6.45) is 2.94. The van der Waals surface area contributed by atoms with Crippen LogP contribution in [0.25, 0.3) is 0 Å². The average molecular weight is 280 g/mol. The van der Waals surface area contributed by atoms with Crippen LogP contribution in [0.5, 0.6) is 5.75 Å². The maximum Gasteiger partial charge on any atom is 0.224 e. The van der Waals surface area contributed by atoms with E-state index in [0.717, 1.165) is 30.6 Å². The van der Waals surface area contributed by atoms with Crippen LogP contribution in [0.2, 0.25) is 0 Å². The molecule has 4 nitrogen and oxygen atoms in total. The van der Waals surface area contributed by atoms with E-state index in [1.165, 1.54) is 0 Å². The fourth-order valence-electron chi connectivity index (χ4n) is 1.64. The molecule has 0 saturated heterocycles. The fourth-order valence-corrected chi connectivity index (χ4v) is 1.79. The first kappa shape index (κ1) is 15.4. The number of carbonyl (C=O) groups is 1. The van der Waals surface area contributed by atoms with Gasteiger partial charge < -0.3 is 15.8 Å². The highest BCUT2D eigenvalue weighted by atomic mass is 32.1. The first-order valence-electron chi connectivity index (χ1n) is 6.29. The van der Waals surface area contributed by atoms with Crippen molar-refractivity contribution in [1.29, 1.82) is 0 Å². The Morgan fingerprint density at radius 3 is 2.58 bits per heavy atom. The van der Waals surface area contributed by atoms with Crippen LogP contribution in [-0.4, -0.2) is 24.6 Å². The summed E-state index contributed by atoms with van der Waals surface area (Å²) >= 11 is 4.78. The third-order valence-electron chi connectivity index (χ3n) is 2.70. The maximum absolute atomic E-state index is 11.7. The number of nitrogens with two attached hydrogens (primary N) is 1. The molecule has 5 heteroatoms. The third-order valence-corrected chi connectivity index (χ3v) is 2.90. The molecule has 0 heterocycles. The molecule has 0 aliphatic heterocycles. The molecular formula is C14H20N2O2S. The lowest BCUT2D eigenvalue weighted by atomic mass is 10.1. The summed E-state index contributed by atoms with van der Waals surface area (Å²) in [5.74, 6) is 0.822. The number of hydrogen-bond acceptors (Lipinski definition) is 3. The summed E-state index contributed by atoms with van der Waals surface area (Å²) in [6, 6.07) is 7.49. The van der Waals surface area contributed by atoms with Gasteiger partial charge >= 0.3 is 0 Å². The van der Waals surface area contributed by atoms with Gasteiger partial charge in [0.05, 0.1) is 18.5 Å². The highest BCUT2D eigenvalue weighted by Crippen LogP contribution is 2.11. The molecule has 0 radical (unpaired) electrons. The van der Waals surface area contributed by atoms with Crippen LogP contribution < -0.4 is 15.8 Å². The van der Waals surface area contributed by atoms with E-state index in [9.17, 15) is 4.79 Å². The van der Waals surface area contributed by atoms with Crippen LogP contribution >= 0.6 is 12.2 Å². The van der Waals surface area contributed by atoms with Gasteiger partial charge in [0.15, 0.2) is 0 Å². The first-order chi connectivity index (χ1) is 9.11. The zero-order valence-electron chi connectivity index (χ0n) is 11.1. The van der Waals surface area contributed by atoms with E-state index >= 15 is 0 Å². The van der Waals surface area contributed by atoms with Gasteiger partial charge in [0.25, 0.3) is 0 Å². The van der Waals surface area contributed by atoms with Crippen molar-refractivity contribution in [3.63, 3.8) is 0 Å². The van der Waals surface area contributed by atoms with Gasteiger partial charge in [-0.15, -0.1) is 0 Å². The summed E-state index contributed by atoms with van der Waals surface area (Å²) in [4.78, 5) is 12.2. The van der Waals surface area contributed by atoms with Gasteiger partial charge in [-0.2, -0.15) is 0 Å². The van der Waals surface area contributed by atoms with Crippen molar-refractivity contribution in [2.45, 2.75) is 25.7 Å². The number of benzene rings is 1. The summed E-state index contributed by atoms with van der Waals surface area (Å²) in [5, 5.41) is 2.88. The summed E-state index contributed by atoms with van der Waals surface area (Å²) in [6.45, 7) is 0.664. The number of hydrogen-bond donors (Lipinski definition) is 2. The second kappa shape index (κ2) is 8.48. The third kappa shape index (κ3) is 6.76. The van der Waals surface area contributed by atoms with E-state index in [1.807, 2.05) is 24.3 Å². The minimum Gasteiger partial charge on any atom is -0.497 e. The quantitative estimate of drug-likeness (QED) is 0.563. The number of thiocarbonyl (C=S) groups is 1. The highest BCUT2D eigenvalue weighted by molar-refractivity contribution is 7.80. The highest BCUT2D eigenvalue weighted by Gasteiger charge is 2.03. The first-order valence-corrected chi connectivity index (χ1v) is 6.70. The van der Waals surface area contributed by atoms with Crippen LogP contribution in [0.4, 0.5) is 0 Å². The summed E-state index contributed by atoms with van der Waals surface area (Å²) < 4.78 is 5.06. The molecule has 0 fully saturated rings. The maximum atomic E-state index is 11.7. The van der Waals surface area contributed by atoms with Gasteiger partial charge in [-0.3, -0.25) is 4.79 Å². The zero-order valence-corrected chi connectivity index (χ0v) is 12.0. The Hall–Kier alpha value is -1.62. The molecular weight excluding hydrogens is 260 g/mol. The van der Waals surface area contributed by atoms with E-state index in [2.05, 4.69) is 5.32 Å². The van der Waals surface area contributed by atoms with Crippen molar-refractivity contribution in [3.8, 4) is 5.75 Å². The molecule has 0 unspecified atom stereocenters. The predicted molar refractivity (Wildman–Crippen MR) is 80.3 cm³/mol. The molecule has 0 aliphatic carbocycles. The van der Waals surface area contributed by atoms with Crippen LogP contribution in [0.15, 0.2) is 24.3 Å². The number of amides is 1. The van der Waals surface area contributed by atoms with Gasteiger partial charge in [0.1, 0.15) is 5.75 Å². The monoisotopic (exact) mass is 280 g/mol.